The van der Waals surface area contributed by atoms with Crippen LogP contribution in [-0.4, -0.2) is 60.7 Å². The number of benzene rings is 1. The Hall–Kier alpha value is -3.75. The molecule has 2 unspecified atom stereocenters. The highest BCUT2D eigenvalue weighted by Gasteiger charge is 2.56. The first-order chi connectivity index (χ1) is 17.5. The van der Waals surface area contributed by atoms with Crippen LogP contribution in [0.5, 0.6) is 0 Å². The molecule has 9 nitrogen and oxygen atoms in total. The van der Waals surface area contributed by atoms with E-state index in [2.05, 4.69) is 39.7 Å². The van der Waals surface area contributed by atoms with Crippen LogP contribution in [0.3, 0.4) is 0 Å². The zero-order valence-corrected chi connectivity index (χ0v) is 19.9. The molecule has 2 N–H and O–H groups in total. The summed E-state index contributed by atoms with van der Waals surface area (Å²) < 4.78 is 1.39. The van der Waals surface area contributed by atoms with Crippen molar-refractivity contribution in [2.24, 2.45) is 5.92 Å². The highest BCUT2D eigenvalue weighted by atomic mass is 16.4. The maximum atomic E-state index is 13.4. The quantitative estimate of drug-likeness (QED) is 0.552. The summed E-state index contributed by atoms with van der Waals surface area (Å²) in [5, 5.41) is 17.4. The van der Waals surface area contributed by atoms with Gasteiger partial charge in [-0.05, 0) is 55.6 Å². The molecule has 5 atom stereocenters. The van der Waals surface area contributed by atoms with Gasteiger partial charge in [0, 0.05) is 23.7 Å². The lowest BCUT2D eigenvalue weighted by Gasteiger charge is -2.33. The number of nitrogens with zero attached hydrogens (tertiary/aromatic N) is 4. The molecule has 36 heavy (non-hydrogen) atoms. The van der Waals surface area contributed by atoms with Crippen molar-refractivity contribution in [3.63, 3.8) is 0 Å². The minimum absolute atomic E-state index is 0.0764. The zero-order valence-electron chi connectivity index (χ0n) is 19.9. The molecule has 3 aliphatic rings. The minimum atomic E-state index is -1.15. The fourth-order valence-corrected chi connectivity index (χ4v) is 6.20. The van der Waals surface area contributed by atoms with Gasteiger partial charge < -0.3 is 15.3 Å². The van der Waals surface area contributed by atoms with E-state index >= 15 is 0 Å². The Balaban J connectivity index is 1.16. The first-order valence-corrected chi connectivity index (χ1v) is 12.7. The van der Waals surface area contributed by atoms with E-state index < -0.39 is 12.0 Å². The lowest BCUT2D eigenvalue weighted by Crippen LogP contribution is -2.51. The highest BCUT2D eigenvalue weighted by Crippen LogP contribution is 2.48. The van der Waals surface area contributed by atoms with E-state index in [-0.39, 0.29) is 36.1 Å². The molecule has 9 heteroatoms. The molecule has 2 amide bonds. The van der Waals surface area contributed by atoms with Crippen LogP contribution >= 0.6 is 0 Å². The summed E-state index contributed by atoms with van der Waals surface area (Å²) in [4.78, 5) is 44.2. The number of hydrogen-bond donors (Lipinski definition) is 2. The van der Waals surface area contributed by atoms with Crippen molar-refractivity contribution in [1.29, 1.82) is 0 Å². The average Bonchev–Trinajstić information content (AvgIpc) is 3.39. The zero-order chi connectivity index (χ0) is 24.8. The van der Waals surface area contributed by atoms with Crippen LogP contribution in [0.4, 0.5) is 0 Å². The fraction of sp³-hybridized carbons (Fsp3) is 0.444. The maximum absolute atomic E-state index is 13.4. The number of carboxylic acid groups (broad SMARTS) is 1. The van der Waals surface area contributed by atoms with E-state index in [1.54, 1.807) is 11.0 Å². The van der Waals surface area contributed by atoms with Crippen LogP contribution < -0.4 is 5.32 Å². The predicted molar refractivity (Wildman–Crippen MR) is 131 cm³/mol. The molecular weight excluding hydrogens is 458 g/mol. The second-order valence-electron chi connectivity index (χ2n) is 10.3. The van der Waals surface area contributed by atoms with Gasteiger partial charge in [0.05, 0.1) is 11.7 Å². The van der Waals surface area contributed by atoms with Gasteiger partial charge in [0.15, 0.2) is 5.69 Å². The number of fused-ring (bicyclic) bond motifs is 2. The largest absolute Gasteiger partial charge is 0.476 e. The van der Waals surface area contributed by atoms with Crippen molar-refractivity contribution in [3.05, 3.63) is 60.0 Å². The summed E-state index contributed by atoms with van der Waals surface area (Å²) in [7, 11) is 0. The molecular formula is C27H29N5O4. The first-order valence-electron chi connectivity index (χ1n) is 12.7. The van der Waals surface area contributed by atoms with Gasteiger partial charge >= 0.3 is 5.97 Å². The number of amides is 2. The normalized spacial score (nSPS) is 27.0. The molecule has 1 aliphatic heterocycles. The van der Waals surface area contributed by atoms with Gasteiger partial charge in [0.2, 0.25) is 11.8 Å². The Morgan fingerprint density at radius 3 is 2.69 bits per heavy atom. The third-order valence-corrected chi connectivity index (χ3v) is 8.03. The SMILES string of the molecule is O=C(O)c1nn(CC(=O)N2[C@@H]3C[C@@H]3C[C@H]2C(=O)NC2CCCC(c3ccccc3)C2)c2cnccc12. The molecule has 0 radical (unpaired) electrons. The van der Waals surface area contributed by atoms with E-state index in [0.717, 1.165) is 32.1 Å². The van der Waals surface area contributed by atoms with Crippen LogP contribution in [0.1, 0.15) is 60.5 Å². The van der Waals surface area contributed by atoms with Gasteiger partial charge in [-0.3, -0.25) is 19.3 Å². The molecule has 3 aromatic rings. The molecule has 1 saturated heterocycles. The molecule has 3 heterocycles. The van der Waals surface area contributed by atoms with Crippen LogP contribution in [-0.2, 0) is 16.1 Å². The van der Waals surface area contributed by atoms with Crippen molar-refractivity contribution in [2.75, 3.05) is 0 Å². The number of aromatic nitrogens is 3. The maximum Gasteiger partial charge on any atom is 0.357 e. The van der Waals surface area contributed by atoms with Crippen molar-refractivity contribution in [3.8, 4) is 0 Å². The summed E-state index contributed by atoms with van der Waals surface area (Å²) in [6.07, 6.45) is 8.67. The number of carboxylic acids is 1. The molecule has 2 saturated carbocycles. The molecule has 0 bridgehead atoms. The van der Waals surface area contributed by atoms with Gasteiger partial charge in [0.25, 0.3) is 0 Å². The third-order valence-electron chi connectivity index (χ3n) is 8.03. The Labute approximate surface area is 208 Å². The van der Waals surface area contributed by atoms with Crippen molar-refractivity contribution >= 4 is 28.7 Å². The number of rotatable bonds is 6. The molecule has 186 valence electrons. The van der Waals surface area contributed by atoms with Gasteiger partial charge in [-0.2, -0.15) is 5.10 Å². The number of nitrogens with one attached hydrogen (secondary N) is 1. The summed E-state index contributed by atoms with van der Waals surface area (Å²) in [5.74, 6) is -0.646. The molecule has 3 fully saturated rings. The average molecular weight is 488 g/mol. The van der Waals surface area contributed by atoms with E-state index in [0.29, 0.717) is 29.2 Å². The Morgan fingerprint density at radius 1 is 1.06 bits per heavy atom. The number of hydrogen-bond acceptors (Lipinski definition) is 5. The van der Waals surface area contributed by atoms with Crippen molar-refractivity contribution in [2.45, 2.75) is 69.1 Å². The number of carbonyl (C=O) groups is 3. The molecule has 6 rings (SSSR count). The number of likely N-dealkylation sites (tertiary alicyclic amines) is 1. The summed E-state index contributed by atoms with van der Waals surface area (Å²) >= 11 is 0. The number of aromatic carboxylic acids is 1. The Kier molecular flexibility index (Phi) is 5.70. The van der Waals surface area contributed by atoms with Gasteiger partial charge in [-0.25, -0.2) is 4.79 Å². The predicted octanol–water partition coefficient (Wildman–Crippen LogP) is 2.96. The minimum Gasteiger partial charge on any atom is -0.476 e. The highest BCUT2D eigenvalue weighted by molar-refractivity contribution is 6.01. The summed E-state index contributed by atoms with van der Waals surface area (Å²) in [6, 6.07) is 11.7. The van der Waals surface area contributed by atoms with Crippen molar-refractivity contribution < 1.29 is 19.5 Å². The fourth-order valence-electron chi connectivity index (χ4n) is 6.20. The van der Waals surface area contributed by atoms with Crippen LogP contribution in [0, 0.1) is 5.92 Å². The molecule has 1 aromatic carbocycles. The third kappa shape index (κ3) is 4.12. The van der Waals surface area contributed by atoms with Crippen LogP contribution in [0.25, 0.3) is 10.9 Å². The van der Waals surface area contributed by atoms with Gasteiger partial charge in [0.1, 0.15) is 12.6 Å². The van der Waals surface area contributed by atoms with E-state index in [1.807, 2.05) is 6.07 Å². The lowest BCUT2D eigenvalue weighted by molar-refractivity contribution is -0.140. The Morgan fingerprint density at radius 2 is 1.89 bits per heavy atom. The number of pyridine rings is 1. The van der Waals surface area contributed by atoms with E-state index in [9.17, 15) is 19.5 Å². The van der Waals surface area contributed by atoms with Crippen LogP contribution in [0.2, 0.25) is 0 Å². The van der Waals surface area contributed by atoms with Gasteiger partial charge in [-0.15, -0.1) is 0 Å². The molecule has 2 aromatic heterocycles. The number of carbonyl (C=O) groups excluding carboxylic acids is 2. The monoisotopic (exact) mass is 487 g/mol. The topological polar surface area (TPSA) is 117 Å². The molecule has 0 spiro atoms. The second-order valence-corrected chi connectivity index (χ2v) is 10.3. The van der Waals surface area contributed by atoms with E-state index in [4.69, 9.17) is 0 Å². The molecule has 2 aliphatic carbocycles. The van der Waals surface area contributed by atoms with Crippen molar-refractivity contribution in [1.82, 2.24) is 25.0 Å². The smallest absolute Gasteiger partial charge is 0.357 e. The van der Waals surface area contributed by atoms with Gasteiger partial charge in [-0.1, -0.05) is 36.8 Å². The second kappa shape index (κ2) is 9.04. The number of piperidine rings is 1. The van der Waals surface area contributed by atoms with Crippen LogP contribution in [0.15, 0.2) is 48.8 Å². The summed E-state index contributed by atoms with van der Waals surface area (Å²) in [6.45, 7) is -0.123. The Bertz CT molecular complexity index is 1320. The van der Waals surface area contributed by atoms with E-state index in [1.165, 1.54) is 22.6 Å². The lowest BCUT2D eigenvalue weighted by atomic mass is 9.81. The standard InChI is InChI=1S/C27H29N5O4/c33-24(15-31-23-14-28-10-9-20(23)25(30-31)27(35)36)32-21-12-18(21)13-22(32)26(34)29-19-8-4-7-17(11-19)16-5-2-1-3-6-16/h1-3,5-6,9-10,14,17-19,21-22H,4,7-8,11-13,15H2,(H,29,34)(H,35,36)/t17?,18-,19?,21-,22+/m1/s1. The first kappa shape index (κ1) is 22.7. The summed E-state index contributed by atoms with van der Waals surface area (Å²) in [5.41, 5.74) is 1.70.